The van der Waals surface area contributed by atoms with Crippen molar-refractivity contribution in [2.75, 3.05) is 26.2 Å². The Morgan fingerprint density at radius 2 is 1.31 bits per heavy atom. The lowest BCUT2D eigenvalue weighted by molar-refractivity contribution is -0.124. The molecule has 2 amide bonds. The Labute approximate surface area is 304 Å². The molecule has 0 radical (unpaired) electrons. The summed E-state index contributed by atoms with van der Waals surface area (Å²) in [4.78, 5) is 46.3. The second kappa shape index (κ2) is 13.4. The van der Waals surface area contributed by atoms with Gasteiger partial charge in [0.25, 0.3) is 0 Å². The van der Waals surface area contributed by atoms with Gasteiger partial charge in [0.2, 0.25) is 11.8 Å². The molecule has 2 aromatic carbocycles. The molecule has 49 heavy (non-hydrogen) atoms. The minimum atomic E-state index is -0.213. The second-order valence-corrected chi connectivity index (χ2v) is 14.7. The maximum absolute atomic E-state index is 11.7. The summed E-state index contributed by atoms with van der Waals surface area (Å²) in [7, 11) is 0. The van der Waals surface area contributed by atoms with Gasteiger partial charge >= 0.3 is 0 Å². The zero-order valence-corrected chi connectivity index (χ0v) is 30.0. The monoisotopic (exact) mass is 738 g/mol. The summed E-state index contributed by atoms with van der Waals surface area (Å²) in [5, 5.41) is 7.68. The van der Waals surface area contributed by atoms with Crippen molar-refractivity contribution in [2.24, 2.45) is 0 Å². The minimum absolute atomic E-state index is 0.0304. The predicted octanol–water partition coefficient (Wildman–Crippen LogP) is 6.45. The summed E-state index contributed by atoms with van der Waals surface area (Å²) in [6, 6.07) is 11.3. The van der Waals surface area contributed by atoms with Crippen LogP contribution in [0.25, 0.3) is 33.6 Å². The van der Waals surface area contributed by atoms with Gasteiger partial charge in [-0.25, -0.2) is 9.97 Å². The molecule has 3 aliphatic rings. The van der Waals surface area contributed by atoms with Gasteiger partial charge in [0.1, 0.15) is 0 Å². The van der Waals surface area contributed by atoms with Crippen LogP contribution in [-0.4, -0.2) is 78.8 Å². The van der Waals surface area contributed by atoms with E-state index in [0.717, 1.165) is 39.0 Å². The van der Waals surface area contributed by atoms with Gasteiger partial charge in [-0.15, -0.1) is 0 Å². The number of rotatable bonds is 9. The van der Waals surface area contributed by atoms with Crippen LogP contribution in [-0.2, 0) is 22.7 Å². The number of hydrogen-bond donors (Lipinski definition) is 2. The predicted molar refractivity (Wildman–Crippen MR) is 191 cm³/mol. The third-order valence-corrected chi connectivity index (χ3v) is 11.1. The van der Waals surface area contributed by atoms with Crippen LogP contribution < -0.4 is 10.6 Å². The molecular formula is C35H34Cl4N8O2. The Kier molecular flexibility index (Phi) is 9.32. The van der Waals surface area contributed by atoms with Crippen LogP contribution in [0.3, 0.4) is 0 Å². The first-order valence-corrected chi connectivity index (χ1v) is 17.6. The van der Waals surface area contributed by atoms with E-state index in [1.54, 1.807) is 19.3 Å². The second-order valence-electron chi connectivity index (χ2n) is 13.3. The van der Waals surface area contributed by atoms with Crippen LogP contribution in [0.1, 0.15) is 44.5 Å². The number of likely N-dealkylation sites (tertiary alicyclic amines) is 2. The Morgan fingerprint density at radius 3 is 1.73 bits per heavy atom. The number of amides is 2. The number of carbonyl (C=O) groups is 2. The molecule has 1 spiro atoms. The summed E-state index contributed by atoms with van der Waals surface area (Å²) in [5.74, 6) is 0.0845. The fraction of sp³-hybridized carbons (Fsp3) is 0.371. The number of carbonyl (C=O) groups excluding carboxylic acids is 2. The fourth-order valence-electron chi connectivity index (χ4n) is 7.17. The number of halogens is 4. The first kappa shape index (κ1) is 34.1. The lowest BCUT2D eigenvalue weighted by Gasteiger charge is -2.50. The summed E-state index contributed by atoms with van der Waals surface area (Å²) < 4.78 is 0. The molecule has 0 unspecified atom stereocenters. The van der Waals surface area contributed by atoms with Crippen LogP contribution in [0.2, 0.25) is 20.4 Å². The molecule has 2 N–H and O–H groups in total. The van der Waals surface area contributed by atoms with E-state index in [0.29, 0.717) is 84.9 Å². The molecule has 3 saturated heterocycles. The van der Waals surface area contributed by atoms with Gasteiger partial charge in [0.15, 0.2) is 10.3 Å². The Balaban J connectivity index is 1.07. The normalized spacial score (nSPS) is 18.2. The van der Waals surface area contributed by atoms with E-state index in [1.807, 2.05) is 36.4 Å². The number of nitrogens with one attached hydrogen (secondary N) is 2. The minimum Gasteiger partial charge on any atom is -0.348 e. The molecule has 5 heterocycles. The molecule has 2 aromatic heterocycles. The van der Waals surface area contributed by atoms with E-state index >= 15 is 0 Å². The van der Waals surface area contributed by atoms with Crippen LogP contribution in [0.15, 0.2) is 48.8 Å². The van der Waals surface area contributed by atoms with E-state index < -0.39 is 0 Å². The molecule has 4 aromatic rings. The average molecular weight is 741 g/mol. The topological polar surface area (TPSA) is 116 Å². The summed E-state index contributed by atoms with van der Waals surface area (Å²) in [6.45, 7) is 7.67. The van der Waals surface area contributed by atoms with Crippen LogP contribution in [0.5, 0.6) is 0 Å². The van der Waals surface area contributed by atoms with Crippen molar-refractivity contribution < 1.29 is 9.59 Å². The van der Waals surface area contributed by atoms with Crippen LogP contribution >= 0.6 is 46.4 Å². The number of aromatic nitrogens is 4. The molecule has 0 bridgehead atoms. The van der Waals surface area contributed by atoms with Gasteiger partial charge in [-0.3, -0.25) is 29.4 Å². The third-order valence-electron chi connectivity index (χ3n) is 9.64. The maximum Gasteiger partial charge on any atom is 0.220 e. The number of benzene rings is 2. The summed E-state index contributed by atoms with van der Waals surface area (Å²) >= 11 is 27.3. The lowest BCUT2D eigenvalue weighted by atomic mass is 9.86. The van der Waals surface area contributed by atoms with Gasteiger partial charge in [0, 0.05) is 74.9 Å². The van der Waals surface area contributed by atoms with E-state index in [4.69, 9.17) is 46.4 Å². The Hall–Kier alpha value is -3.38. The van der Waals surface area contributed by atoms with Crippen molar-refractivity contribution in [1.29, 1.82) is 0 Å². The lowest BCUT2D eigenvalue weighted by Crippen LogP contribution is -2.69. The molecule has 3 fully saturated rings. The Bertz CT molecular complexity index is 1960. The first-order valence-electron chi connectivity index (χ1n) is 16.1. The van der Waals surface area contributed by atoms with E-state index in [2.05, 4.69) is 47.3 Å². The van der Waals surface area contributed by atoms with Crippen molar-refractivity contribution in [3.05, 3.63) is 80.5 Å². The van der Waals surface area contributed by atoms with E-state index in [-0.39, 0.29) is 22.9 Å². The fourth-order valence-corrected chi connectivity index (χ4v) is 8.22. The van der Waals surface area contributed by atoms with Gasteiger partial charge in [-0.2, -0.15) is 0 Å². The average Bonchev–Trinajstić information content (AvgIpc) is 3.43. The first-order chi connectivity index (χ1) is 23.5. The zero-order chi connectivity index (χ0) is 34.5. The third kappa shape index (κ3) is 6.74. The van der Waals surface area contributed by atoms with Gasteiger partial charge < -0.3 is 10.6 Å². The molecular weight excluding hydrogens is 706 g/mol. The Morgan fingerprint density at radius 1 is 0.816 bits per heavy atom. The van der Waals surface area contributed by atoms with Crippen molar-refractivity contribution >= 4 is 58.2 Å². The van der Waals surface area contributed by atoms with Crippen LogP contribution in [0, 0.1) is 0 Å². The number of hydrogen-bond acceptors (Lipinski definition) is 8. The van der Waals surface area contributed by atoms with Gasteiger partial charge in [-0.05, 0) is 12.8 Å². The van der Waals surface area contributed by atoms with Crippen molar-refractivity contribution in [3.8, 4) is 33.6 Å². The summed E-state index contributed by atoms with van der Waals surface area (Å²) in [5.41, 5.74) is 4.83. The zero-order valence-electron chi connectivity index (χ0n) is 27.0. The molecule has 0 atom stereocenters. The highest BCUT2D eigenvalue weighted by Crippen LogP contribution is 2.42. The molecule has 3 aliphatic heterocycles. The highest BCUT2D eigenvalue weighted by molar-refractivity contribution is 6.39. The molecule has 14 heteroatoms. The highest BCUT2D eigenvalue weighted by atomic mass is 35.5. The van der Waals surface area contributed by atoms with E-state index in [1.165, 1.54) is 0 Å². The molecule has 0 saturated carbocycles. The van der Waals surface area contributed by atoms with Crippen molar-refractivity contribution in [1.82, 2.24) is 40.4 Å². The summed E-state index contributed by atoms with van der Waals surface area (Å²) in [6.07, 6.45) is 5.64. The van der Waals surface area contributed by atoms with Gasteiger partial charge in [-0.1, -0.05) is 89.7 Å². The molecule has 10 nitrogen and oxygen atoms in total. The largest absolute Gasteiger partial charge is 0.348 e. The number of nitrogens with zero attached hydrogens (tertiary/aromatic N) is 6. The van der Waals surface area contributed by atoms with Gasteiger partial charge in [0.05, 0.1) is 56.3 Å². The standard InChI is InChI=1S/C35H34Cl4N8O2/c1-3-34(44-20(2)48)16-46(17-34)14-27-32(38)42-25(12-40-27)23-8-4-6-21(30(23)36)22-7-5-9-24(31(22)37)26-13-41-28(33(39)43-26)15-47-18-35(19-47)11-10-29(49)45-35/h4-9,12-13H,3,10-11,14-19H2,1-2H3,(H,44,48)(H,45,49). The quantitative estimate of drug-likeness (QED) is 0.202. The molecule has 7 rings (SSSR count). The van der Waals surface area contributed by atoms with Crippen molar-refractivity contribution in [2.45, 2.75) is 57.3 Å². The SMILES string of the molecule is CCC1(NC(C)=O)CN(Cc2ncc(-c3cccc(-c4cccc(-c5cnc(CN6CC7(CCC(=O)N7)C6)c(Cl)n5)c4Cl)c3Cl)nc2Cl)C1. The smallest absolute Gasteiger partial charge is 0.220 e. The van der Waals surface area contributed by atoms with Crippen molar-refractivity contribution in [3.63, 3.8) is 0 Å². The van der Waals surface area contributed by atoms with E-state index in [9.17, 15) is 9.59 Å². The van der Waals surface area contributed by atoms with Crippen LogP contribution in [0.4, 0.5) is 0 Å². The molecule has 254 valence electrons. The molecule has 0 aliphatic carbocycles. The maximum atomic E-state index is 11.7. The highest BCUT2D eigenvalue weighted by Gasteiger charge is 2.47.